The van der Waals surface area contributed by atoms with Gasteiger partial charge in [-0.2, -0.15) is 0 Å². The van der Waals surface area contributed by atoms with Crippen LogP contribution in [0.25, 0.3) is 0 Å². The summed E-state index contributed by atoms with van der Waals surface area (Å²) in [7, 11) is -2.99. The molecule has 0 aliphatic heterocycles. The maximum Gasteiger partial charge on any atom is 0.149 e. The van der Waals surface area contributed by atoms with E-state index in [2.05, 4.69) is 38.2 Å². The summed E-state index contributed by atoms with van der Waals surface area (Å²) in [6.45, 7) is 9.24. The van der Waals surface area contributed by atoms with Crippen molar-refractivity contribution in [1.29, 1.82) is 0 Å². The van der Waals surface area contributed by atoms with Crippen LogP contribution in [0.5, 0.6) is 0 Å². The zero-order valence-electron chi connectivity index (χ0n) is 12.5. The second-order valence-electron chi connectivity index (χ2n) is 6.07. The number of benzene rings is 1. The van der Waals surface area contributed by atoms with Crippen LogP contribution in [0.15, 0.2) is 24.3 Å². The Morgan fingerprint density at radius 1 is 1.16 bits per heavy atom. The van der Waals surface area contributed by atoms with Gasteiger partial charge in [-0.3, -0.25) is 0 Å². The van der Waals surface area contributed by atoms with Crippen LogP contribution in [0.4, 0.5) is 0 Å². The number of hydrogen-bond donors (Lipinski definition) is 1. The van der Waals surface area contributed by atoms with Gasteiger partial charge in [0.2, 0.25) is 0 Å². The molecule has 0 radical (unpaired) electrons. The summed E-state index contributed by atoms with van der Waals surface area (Å²) >= 11 is 0. The van der Waals surface area contributed by atoms with Gasteiger partial charge >= 0.3 is 0 Å². The Morgan fingerprint density at radius 2 is 1.68 bits per heavy atom. The lowest BCUT2D eigenvalue weighted by Gasteiger charge is -2.22. The van der Waals surface area contributed by atoms with Crippen LogP contribution in [0.3, 0.4) is 0 Å². The highest BCUT2D eigenvalue weighted by Crippen LogP contribution is 2.24. The maximum absolute atomic E-state index is 11.5. The van der Waals surface area contributed by atoms with Crippen LogP contribution in [0.2, 0.25) is 0 Å². The van der Waals surface area contributed by atoms with Gasteiger partial charge in [0, 0.05) is 12.3 Å². The van der Waals surface area contributed by atoms with Crippen molar-refractivity contribution in [2.24, 2.45) is 0 Å². The number of hydrogen-bond acceptors (Lipinski definition) is 3. The SMILES string of the molecule is CCNC(CS(C)(=O)=O)c1ccc(C(C)(C)C)cc1. The Hall–Kier alpha value is -0.870. The van der Waals surface area contributed by atoms with Crippen molar-refractivity contribution in [3.8, 4) is 0 Å². The second-order valence-corrected chi connectivity index (χ2v) is 8.26. The normalized spacial score (nSPS) is 14.4. The number of sulfone groups is 1. The summed E-state index contributed by atoms with van der Waals surface area (Å²) in [4.78, 5) is 0. The first-order valence-corrected chi connectivity index (χ1v) is 8.71. The molecule has 19 heavy (non-hydrogen) atoms. The third-order valence-corrected chi connectivity index (χ3v) is 4.04. The minimum absolute atomic E-state index is 0.114. The van der Waals surface area contributed by atoms with E-state index in [1.54, 1.807) is 0 Å². The molecular weight excluding hydrogens is 258 g/mol. The van der Waals surface area contributed by atoms with Gasteiger partial charge in [-0.25, -0.2) is 8.42 Å². The molecule has 0 fully saturated rings. The molecule has 108 valence electrons. The molecule has 0 bridgehead atoms. The molecule has 1 aromatic carbocycles. The predicted molar refractivity (Wildman–Crippen MR) is 81.3 cm³/mol. The quantitative estimate of drug-likeness (QED) is 0.903. The van der Waals surface area contributed by atoms with Crippen LogP contribution in [0, 0.1) is 0 Å². The van der Waals surface area contributed by atoms with E-state index in [1.165, 1.54) is 11.8 Å². The molecule has 4 heteroatoms. The Morgan fingerprint density at radius 3 is 2.05 bits per heavy atom. The van der Waals surface area contributed by atoms with E-state index in [0.29, 0.717) is 0 Å². The monoisotopic (exact) mass is 283 g/mol. The van der Waals surface area contributed by atoms with E-state index < -0.39 is 9.84 Å². The molecule has 1 N–H and O–H groups in total. The molecule has 0 aliphatic carbocycles. The Kier molecular flexibility index (Phi) is 5.16. The van der Waals surface area contributed by atoms with Gasteiger partial charge in [0.25, 0.3) is 0 Å². The van der Waals surface area contributed by atoms with Crippen LogP contribution < -0.4 is 5.32 Å². The fourth-order valence-corrected chi connectivity index (χ4v) is 2.95. The second kappa shape index (κ2) is 6.06. The van der Waals surface area contributed by atoms with Gasteiger partial charge in [0.15, 0.2) is 0 Å². The fourth-order valence-electron chi connectivity index (χ4n) is 2.04. The summed E-state index contributed by atoms with van der Waals surface area (Å²) in [6.07, 6.45) is 1.28. The van der Waals surface area contributed by atoms with Crippen LogP contribution in [0.1, 0.15) is 44.9 Å². The third-order valence-electron chi connectivity index (χ3n) is 3.10. The Balaban J connectivity index is 2.98. The zero-order valence-corrected chi connectivity index (χ0v) is 13.3. The van der Waals surface area contributed by atoms with E-state index in [9.17, 15) is 8.42 Å². The van der Waals surface area contributed by atoms with Crippen LogP contribution >= 0.6 is 0 Å². The van der Waals surface area contributed by atoms with Gasteiger partial charge in [-0.1, -0.05) is 52.0 Å². The van der Waals surface area contributed by atoms with Gasteiger partial charge in [0.1, 0.15) is 9.84 Å². The van der Waals surface area contributed by atoms with Crippen LogP contribution in [-0.2, 0) is 15.3 Å². The van der Waals surface area contributed by atoms with Gasteiger partial charge in [-0.05, 0) is 23.1 Å². The van der Waals surface area contributed by atoms with Gasteiger partial charge in [0.05, 0.1) is 5.75 Å². The van der Waals surface area contributed by atoms with E-state index in [-0.39, 0.29) is 17.2 Å². The highest BCUT2D eigenvalue weighted by molar-refractivity contribution is 7.90. The topological polar surface area (TPSA) is 46.2 Å². The van der Waals surface area contributed by atoms with E-state index in [1.807, 2.05) is 19.1 Å². The molecule has 1 atom stereocenters. The molecule has 0 spiro atoms. The summed E-state index contributed by atoms with van der Waals surface area (Å²) in [5, 5.41) is 3.23. The predicted octanol–water partition coefficient (Wildman–Crippen LogP) is 2.68. The lowest BCUT2D eigenvalue weighted by atomic mass is 9.86. The van der Waals surface area contributed by atoms with E-state index in [0.717, 1.165) is 12.1 Å². The van der Waals surface area contributed by atoms with Crippen LogP contribution in [-0.4, -0.2) is 27.0 Å². The van der Waals surface area contributed by atoms with Gasteiger partial charge < -0.3 is 5.32 Å². The van der Waals surface area contributed by atoms with E-state index >= 15 is 0 Å². The van der Waals surface area contributed by atoms with Crippen molar-refractivity contribution >= 4 is 9.84 Å². The first kappa shape index (κ1) is 16.2. The summed E-state index contributed by atoms with van der Waals surface area (Å²) in [5.41, 5.74) is 2.40. The van der Waals surface area contributed by atoms with Crippen molar-refractivity contribution in [2.45, 2.75) is 39.2 Å². The minimum Gasteiger partial charge on any atom is -0.309 e. The van der Waals surface area contributed by atoms with Crippen molar-refractivity contribution in [1.82, 2.24) is 5.32 Å². The van der Waals surface area contributed by atoms with Crippen molar-refractivity contribution in [3.05, 3.63) is 35.4 Å². The van der Waals surface area contributed by atoms with Crippen molar-refractivity contribution in [3.63, 3.8) is 0 Å². The smallest absolute Gasteiger partial charge is 0.149 e. The molecule has 0 amide bonds. The number of rotatable bonds is 5. The van der Waals surface area contributed by atoms with E-state index in [4.69, 9.17) is 0 Å². The molecule has 0 aromatic heterocycles. The molecule has 0 saturated carbocycles. The minimum atomic E-state index is -2.99. The molecule has 0 aliphatic rings. The highest BCUT2D eigenvalue weighted by Gasteiger charge is 2.18. The molecule has 1 unspecified atom stereocenters. The first-order chi connectivity index (χ1) is 8.63. The molecule has 3 nitrogen and oxygen atoms in total. The third kappa shape index (κ3) is 5.33. The standard InChI is InChI=1S/C15H25NO2S/c1-6-16-14(11-19(5,17)18)12-7-9-13(10-8-12)15(2,3)4/h7-10,14,16H,6,11H2,1-5H3. The highest BCUT2D eigenvalue weighted by atomic mass is 32.2. The fraction of sp³-hybridized carbons (Fsp3) is 0.600. The average Bonchev–Trinajstić information content (AvgIpc) is 2.26. The van der Waals surface area contributed by atoms with Gasteiger partial charge in [-0.15, -0.1) is 0 Å². The molecule has 0 heterocycles. The maximum atomic E-state index is 11.5. The molecular formula is C15H25NO2S. The largest absolute Gasteiger partial charge is 0.309 e. The first-order valence-electron chi connectivity index (χ1n) is 6.65. The lowest BCUT2D eigenvalue weighted by Crippen LogP contribution is -2.27. The number of nitrogens with one attached hydrogen (secondary N) is 1. The lowest BCUT2D eigenvalue weighted by molar-refractivity contribution is 0.561. The molecule has 1 aromatic rings. The average molecular weight is 283 g/mol. The Bertz CT molecular complexity index is 498. The molecule has 1 rings (SSSR count). The molecule has 0 saturated heterocycles. The van der Waals surface area contributed by atoms with Crippen molar-refractivity contribution in [2.75, 3.05) is 18.6 Å². The summed E-state index contributed by atoms with van der Waals surface area (Å²) in [5.74, 6) is 0.135. The summed E-state index contributed by atoms with van der Waals surface area (Å²) in [6, 6.07) is 8.09. The van der Waals surface area contributed by atoms with Crippen molar-refractivity contribution < 1.29 is 8.42 Å². The summed E-state index contributed by atoms with van der Waals surface area (Å²) < 4.78 is 23.0. The Labute approximate surface area is 117 Å². The zero-order chi connectivity index (χ0) is 14.7.